The highest BCUT2D eigenvalue weighted by Gasteiger charge is 2.28. The summed E-state index contributed by atoms with van der Waals surface area (Å²) < 4.78 is 0. The van der Waals surface area contributed by atoms with Gasteiger partial charge in [-0.2, -0.15) is 5.26 Å². The van der Waals surface area contributed by atoms with Crippen molar-refractivity contribution in [1.82, 2.24) is 0 Å². The molecule has 0 bridgehead atoms. The highest BCUT2D eigenvalue weighted by molar-refractivity contribution is 7.16. The predicted molar refractivity (Wildman–Crippen MR) is 114 cm³/mol. The molecule has 3 aromatic rings. The summed E-state index contributed by atoms with van der Waals surface area (Å²) in [7, 11) is 0. The SMILES string of the molecule is C[C@H]1CCc2sc(NC(=O)C(c3ccccc3)c3ccccc3)c(C#N)c2C1. The molecule has 1 atom stereocenters. The van der Waals surface area contributed by atoms with E-state index in [1.807, 2.05) is 60.7 Å². The van der Waals surface area contributed by atoms with Gasteiger partial charge in [-0.15, -0.1) is 11.3 Å². The molecule has 1 aliphatic carbocycles. The number of amides is 1. The Morgan fingerprint density at radius 1 is 1.11 bits per heavy atom. The number of hydrogen-bond acceptors (Lipinski definition) is 3. The van der Waals surface area contributed by atoms with Crippen LogP contribution in [-0.2, 0) is 17.6 Å². The quantitative estimate of drug-likeness (QED) is 0.642. The molecule has 0 radical (unpaired) electrons. The zero-order chi connectivity index (χ0) is 19.5. The van der Waals surface area contributed by atoms with Crippen molar-refractivity contribution >= 4 is 22.2 Å². The number of hydrogen-bond donors (Lipinski definition) is 1. The molecule has 0 saturated carbocycles. The van der Waals surface area contributed by atoms with E-state index in [0.29, 0.717) is 16.5 Å². The van der Waals surface area contributed by atoms with Crippen LogP contribution in [-0.4, -0.2) is 5.91 Å². The lowest BCUT2D eigenvalue weighted by Crippen LogP contribution is -2.22. The van der Waals surface area contributed by atoms with Gasteiger partial charge in [-0.1, -0.05) is 67.6 Å². The molecule has 0 fully saturated rings. The van der Waals surface area contributed by atoms with Gasteiger partial charge in [0.05, 0.1) is 11.5 Å². The zero-order valence-corrected chi connectivity index (χ0v) is 16.6. The van der Waals surface area contributed by atoms with E-state index < -0.39 is 5.92 Å². The van der Waals surface area contributed by atoms with Gasteiger partial charge in [-0.05, 0) is 41.9 Å². The van der Waals surface area contributed by atoms with Crippen LogP contribution in [0.3, 0.4) is 0 Å². The number of carbonyl (C=O) groups excluding carboxylic acids is 1. The topological polar surface area (TPSA) is 52.9 Å². The number of nitriles is 1. The van der Waals surface area contributed by atoms with Gasteiger partial charge in [0.1, 0.15) is 11.1 Å². The maximum atomic E-state index is 13.3. The number of benzene rings is 2. The first-order valence-corrected chi connectivity index (χ1v) is 10.4. The summed E-state index contributed by atoms with van der Waals surface area (Å²) in [5.74, 6) is 0.0756. The Hall–Kier alpha value is -2.90. The van der Waals surface area contributed by atoms with Crippen molar-refractivity contribution in [2.75, 3.05) is 5.32 Å². The number of carbonyl (C=O) groups is 1. The second-order valence-electron chi connectivity index (χ2n) is 7.41. The van der Waals surface area contributed by atoms with Crippen LogP contribution in [0.4, 0.5) is 5.00 Å². The van der Waals surface area contributed by atoms with Crippen molar-refractivity contribution in [3.8, 4) is 6.07 Å². The first-order valence-electron chi connectivity index (χ1n) is 9.62. The van der Waals surface area contributed by atoms with Gasteiger partial charge < -0.3 is 5.32 Å². The molecule has 4 rings (SSSR count). The Morgan fingerprint density at radius 3 is 2.29 bits per heavy atom. The third kappa shape index (κ3) is 3.58. The third-order valence-electron chi connectivity index (χ3n) is 5.38. The molecule has 1 heterocycles. The van der Waals surface area contributed by atoms with Crippen LogP contribution in [0.5, 0.6) is 0 Å². The average Bonchev–Trinajstić information content (AvgIpc) is 3.05. The minimum Gasteiger partial charge on any atom is -0.316 e. The molecule has 1 N–H and O–H groups in total. The number of nitrogens with zero attached hydrogens (tertiary/aromatic N) is 1. The molecular weight excluding hydrogens is 364 g/mol. The summed E-state index contributed by atoms with van der Waals surface area (Å²) >= 11 is 1.57. The van der Waals surface area contributed by atoms with Crippen LogP contribution in [0.25, 0.3) is 0 Å². The molecule has 140 valence electrons. The monoisotopic (exact) mass is 386 g/mol. The lowest BCUT2D eigenvalue weighted by molar-refractivity contribution is -0.116. The van der Waals surface area contributed by atoms with Crippen LogP contribution in [0.15, 0.2) is 60.7 Å². The minimum absolute atomic E-state index is 0.0967. The number of anilines is 1. The van der Waals surface area contributed by atoms with Crippen molar-refractivity contribution in [3.05, 3.63) is 87.8 Å². The third-order valence-corrected chi connectivity index (χ3v) is 6.59. The molecule has 2 aromatic carbocycles. The van der Waals surface area contributed by atoms with Crippen LogP contribution in [0, 0.1) is 17.2 Å². The number of thiophene rings is 1. The lowest BCUT2D eigenvalue weighted by atomic mass is 9.88. The molecule has 0 unspecified atom stereocenters. The largest absolute Gasteiger partial charge is 0.316 e. The molecule has 0 spiro atoms. The summed E-state index contributed by atoms with van der Waals surface area (Å²) in [5, 5.41) is 13.5. The van der Waals surface area contributed by atoms with Crippen LogP contribution in [0.1, 0.15) is 46.4 Å². The summed E-state index contributed by atoms with van der Waals surface area (Å²) in [6.45, 7) is 2.22. The molecule has 28 heavy (non-hydrogen) atoms. The summed E-state index contributed by atoms with van der Waals surface area (Å²) in [5.41, 5.74) is 3.68. The second-order valence-corrected chi connectivity index (χ2v) is 8.52. The van der Waals surface area contributed by atoms with Gasteiger partial charge >= 0.3 is 0 Å². The second kappa shape index (κ2) is 8.00. The van der Waals surface area contributed by atoms with E-state index in [1.54, 1.807) is 11.3 Å². The normalized spacial score (nSPS) is 15.7. The van der Waals surface area contributed by atoms with Gasteiger partial charge in [0, 0.05) is 4.88 Å². The fourth-order valence-electron chi connectivity index (χ4n) is 3.93. The number of rotatable bonds is 4. The highest BCUT2D eigenvalue weighted by atomic mass is 32.1. The number of fused-ring (bicyclic) bond motifs is 1. The van der Waals surface area contributed by atoms with Gasteiger partial charge in [0.15, 0.2) is 0 Å². The zero-order valence-electron chi connectivity index (χ0n) is 15.8. The van der Waals surface area contributed by atoms with E-state index in [9.17, 15) is 10.1 Å². The lowest BCUT2D eigenvalue weighted by Gasteiger charge is -2.18. The van der Waals surface area contributed by atoms with E-state index in [4.69, 9.17) is 0 Å². The maximum Gasteiger partial charge on any atom is 0.237 e. The number of aryl methyl sites for hydroxylation is 1. The van der Waals surface area contributed by atoms with Crippen LogP contribution in [0.2, 0.25) is 0 Å². The number of nitrogens with one attached hydrogen (secondary N) is 1. The van der Waals surface area contributed by atoms with E-state index in [0.717, 1.165) is 36.0 Å². The predicted octanol–water partition coefficient (Wildman–Crippen LogP) is 5.52. The van der Waals surface area contributed by atoms with Gasteiger partial charge in [0.2, 0.25) is 5.91 Å². The smallest absolute Gasteiger partial charge is 0.237 e. The molecule has 3 nitrogen and oxygen atoms in total. The standard InChI is InChI=1S/C24H22N2OS/c1-16-12-13-21-19(14-16)20(15-25)24(28-21)26-23(27)22(17-8-4-2-5-9-17)18-10-6-3-7-11-18/h2-11,16,22H,12-14H2,1H3,(H,26,27)/t16-/m0/s1. The summed E-state index contributed by atoms with van der Waals surface area (Å²) in [6, 6.07) is 21.9. The Labute approximate surface area is 169 Å². The molecular formula is C24H22N2OS. The van der Waals surface area contributed by atoms with Crippen molar-refractivity contribution in [2.24, 2.45) is 5.92 Å². The minimum atomic E-state index is -0.410. The highest BCUT2D eigenvalue weighted by Crippen LogP contribution is 2.40. The van der Waals surface area contributed by atoms with E-state index in [-0.39, 0.29) is 5.91 Å². The Balaban J connectivity index is 1.69. The molecule has 1 aromatic heterocycles. The molecule has 0 aliphatic heterocycles. The van der Waals surface area contributed by atoms with Gasteiger partial charge in [-0.3, -0.25) is 4.79 Å². The van der Waals surface area contributed by atoms with E-state index in [1.165, 1.54) is 4.88 Å². The fourth-order valence-corrected chi connectivity index (χ4v) is 5.13. The fraction of sp³-hybridized carbons (Fsp3) is 0.250. The van der Waals surface area contributed by atoms with Crippen LogP contribution >= 0.6 is 11.3 Å². The molecule has 4 heteroatoms. The Morgan fingerprint density at radius 2 is 1.71 bits per heavy atom. The van der Waals surface area contributed by atoms with Gasteiger partial charge in [-0.25, -0.2) is 0 Å². The molecule has 1 amide bonds. The van der Waals surface area contributed by atoms with Crippen LogP contribution < -0.4 is 5.32 Å². The van der Waals surface area contributed by atoms with Crippen molar-refractivity contribution in [3.63, 3.8) is 0 Å². The first kappa shape index (κ1) is 18.5. The van der Waals surface area contributed by atoms with Crippen molar-refractivity contribution in [1.29, 1.82) is 5.26 Å². The Bertz CT molecular complexity index is 979. The molecule has 0 saturated heterocycles. The first-order chi connectivity index (χ1) is 13.7. The maximum absolute atomic E-state index is 13.3. The summed E-state index contributed by atoms with van der Waals surface area (Å²) in [6.07, 6.45) is 3.06. The van der Waals surface area contributed by atoms with Gasteiger partial charge in [0.25, 0.3) is 0 Å². The van der Waals surface area contributed by atoms with Crippen molar-refractivity contribution < 1.29 is 4.79 Å². The molecule has 1 aliphatic rings. The van der Waals surface area contributed by atoms with E-state index >= 15 is 0 Å². The Kier molecular flexibility index (Phi) is 5.27. The summed E-state index contributed by atoms with van der Waals surface area (Å²) in [4.78, 5) is 14.6. The van der Waals surface area contributed by atoms with Crippen molar-refractivity contribution in [2.45, 2.75) is 32.1 Å². The van der Waals surface area contributed by atoms with E-state index in [2.05, 4.69) is 18.3 Å². The average molecular weight is 387 g/mol.